The van der Waals surface area contributed by atoms with E-state index in [4.69, 9.17) is 0 Å². The number of hydrogen-bond acceptors (Lipinski definition) is 9. The molecule has 0 aliphatic carbocycles. The highest BCUT2D eigenvalue weighted by atomic mass is 32.2. The summed E-state index contributed by atoms with van der Waals surface area (Å²) in [5, 5.41) is 27.8. The van der Waals surface area contributed by atoms with Crippen molar-refractivity contribution in [3.8, 4) is 11.3 Å². The zero-order valence-electron chi connectivity index (χ0n) is 20.0. The third kappa shape index (κ3) is 6.37. The van der Waals surface area contributed by atoms with E-state index >= 15 is 0 Å². The number of carbonyl (C=O) groups is 2. The molecule has 0 saturated heterocycles. The molecule has 1 atom stereocenters. The van der Waals surface area contributed by atoms with Crippen molar-refractivity contribution < 1.29 is 14.5 Å². The zero-order chi connectivity index (χ0) is 26.4. The van der Waals surface area contributed by atoms with Crippen molar-refractivity contribution in [2.24, 2.45) is 0 Å². The molecule has 37 heavy (non-hydrogen) atoms. The molecule has 2 aromatic heterocycles. The highest BCUT2D eigenvalue weighted by Gasteiger charge is 2.20. The number of nitrogens with zero attached hydrogens (tertiary/aromatic N) is 5. The van der Waals surface area contributed by atoms with Gasteiger partial charge in [-0.3, -0.25) is 19.7 Å². The molecule has 190 valence electrons. The van der Waals surface area contributed by atoms with E-state index in [2.05, 4.69) is 25.8 Å². The Kier molecular flexibility index (Phi) is 8.25. The van der Waals surface area contributed by atoms with Crippen LogP contribution in [-0.4, -0.2) is 42.2 Å². The number of nitro benzene ring substituents is 1. The third-order valence-corrected chi connectivity index (χ3v) is 6.99. The van der Waals surface area contributed by atoms with E-state index in [1.807, 2.05) is 24.5 Å². The predicted octanol–water partition coefficient (Wildman–Crippen LogP) is 4.55. The van der Waals surface area contributed by atoms with Crippen LogP contribution in [0.5, 0.6) is 0 Å². The number of anilines is 1. The number of hydrogen-bond donors (Lipinski definition) is 2. The number of nitro groups is 1. The standard InChI is InChI=1S/C24H23N7O4S2/c1-3-30-21(15(2)25-22(33)16-8-5-4-6-9-16)28-29-24(30)37-14-20(32)27-23-26-19(13-36-23)17-10-7-11-18(12-17)31(34)35/h4-13,15H,3,14H2,1-2H3,(H,25,33)(H,26,27,32)/t15-/m0/s1. The number of benzene rings is 2. The van der Waals surface area contributed by atoms with E-state index in [1.165, 1.54) is 35.2 Å². The van der Waals surface area contributed by atoms with Gasteiger partial charge in [-0.15, -0.1) is 21.5 Å². The van der Waals surface area contributed by atoms with Crippen LogP contribution in [0.25, 0.3) is 11.3 Å². The largest absolute Gasteiger partial charge is 0.342 e. The summed E-state index contributed by atoms with van der Waals surface area (Å²) in [4.78, 5) is 40.0. The lowest BCUT2D eigenvalue weighted by Crippen LogP contribution is -2.28. The molecule has 0 bridgehead atoms. The molecule has 0 fully saturated rings. The Hall–Kier alpha value is -4.10. The fourth-order valence-corrected chi connectivity index (χ4v) is 5.03. The summed E-state index contributed by atoms with van der Waals surface area (Å²) in [5.41, 5.74) is 1.66. The van der Waals surface area contributed by atoms with Gasteiger partial charge in [0.15, 0.2) is 16.1 Å². The first-order chi connectivity index (χ1) is 17.9. The van der Waals surface area contributed by atoms with E-state index in [9.17, 15) is 19.7 Å². The minimum Gasteiger partial charge on any atom is -0.342 e. The van der Waals surface area contributed by atoms with Crippen LogP contribution < -0.4 is 10.6 Å². The Bertz CT molecular complexity index is 1420. The van der Waals surface area contributed by atoms with Crippen molar-refractivity contribution in [1.29, 1.82) is 0 Å². The van der Waals surface area contributed by atoms with Crippen molar-refractivity contribution in [3.05, 3.63) is 81.5 Å². The van der Waals surface area contributed by atoms with Crippen LogP contribution in [-0.2, 0) is 11.3 Å². The van der Waals surface area contributed by atoms with E-state index in [-0.39, 0.29) is 29.3 Å². The van der Waals surface area contributed by atoms with Gasteiger partial charge in [0.05, 0.1) is 22.4 Å². The van der Waals surface area contributed by atoms with Gasteiger partial charge in [-0.05, 0) is 26.0 Å². The summed E-state index contributed by atoms with van der Waals surface area (Å²) in [7, 11) is 0. The lowest BCUT2D eigenvalue weighted by atomic mass is 10.1. The molecule has 0 aliphatic rings. The molecule has 11 nitrogen and oxygen atoms in total. The van der Waals surface area contributed by atoms with E-state index in [1.54, 1.807) is 41.8 Å². The van der Waals surface area contributed by atoms with Gasteiger partial charge in [0.25, 0.3) is 11.6 Å². The highest BCUT2D eigenvalue weighted by Crippen LogP contribution is 2.28. The Morgan fingerprint density at radius 2 is 1.95 bits per heavy atom. The Balaban J connectivity index is 1.35. The van der Waals surface area contributed by atoms with E-state index in [0.717, 1.165) is 0 Å². The zero-order valence-corrected chi connectivity index (χ0v) is 21.6. The second-order valence-corrected chi connectivity index (χ2v) is 9.63. The SMILES string of the molecule is CCn1c(SCC(=O)Nc2nc(-c3cccc([N+](=O)[O-])c3)cs2)nnc1[C@H](C)NC(=O)c1ccccc1. The number of carbonyl (C=O) groups excluding carboxylic acids is 2. The first-order valence-corrected chi connectivity index (χ1v) is 13.1. The second-order valence-electron chi connectivity index (χ2n) is 7.83. The number of rotatable bonds is 10. The molecule has 4 rings (SSSR count). The molecular formula is C24H23N7O4S2. The molecule has 2 amide bonds. The van der Waals surface area contributed by atoms with Crippen molar-refractivity contribution in [1.82, 2.24) is 25.1 Å². The predicted molar refractivity (Wildman–Crippen MR) is 142 cm³/mol. The topological polar surface area (TPSA) is 145 Å². The van der Waals surface area contributed by atoms with Crippen LogP contribution in [0.2, 0.25) is 0 Å². The summed E-state index contributed by atoms with van der Waals surface area (Å²) in [5.74, 6) is 0.188. The van der Waals surface area contributed by atoms with Gasteiger partial charge in [-0.2, -0.15) is 0 Å². The molecule has 0 saturated carbocycles. The summed E-state index contributed by atoms with van der Waals surface area (Å²) >= 11 is 2.46. The summed E-state index contributed by atoms with van der Waals surface area (Å²) < 4.78 is 1.86. The number of amides is 2. The van der Waals surface area contributed by atoms with Gasteiger partial charge >= 0.3 is 0 Å². The quantitative estimate of drug-likeness (QED) is 0.170. The van der Waals surface area contributed by atoms with Crippen LogP contribution in [0.15, 0.2) is 65.1 Å². The number of non-ortho nitro benzene ring substituents is 1. The minimum absolute atomic E-state index is 0.0270. The highest BCUT2D eigenvalue weighted by molar-refractivity contribution is 7.99. The molecule has 13 heteroatoms. The number of thiazole rings is 1. The molecule has 0 aliphatic heterocycles. The van der Waals surface area contributed by atoms with Crippen molar-refractivity contribution in [3.63, 3.8) is 0 Å². The van der Waals surface area contributed by atoms with Crippen LogP contribution >= 0.6 is 23.1 Å². The molecule has 2 aromatic carbocycles. The summed E-state index contributed by atoms with van der Waals surface area (Å²) in [6.07, 6.45) is 0. The maximum absolute atomic E-state index is 12.5. The van der Waals surface area contributed by atoms with Crippen molar-refractivity contribution in [2.45, 2.75) is 31.6 Å². The average molecular weight is 538 g/mol. The van der Waals surface area contributed by atoms with Gasteiger partial charge in [0.2, 0.25) is 5.91 Å². The lowest BCUT2D eigenvalue weighted by Gasteiger charge is -2.15. The fraction of sp³-hybridized carbons (Fsp3) is 0.208. The van der Waals surface area contributed by atoms with E-state index in [0.29, 0.717) is 39.5 Å². The first kappa shape index (κ1) is 26.0. The van der Waals surface area contributed by atoms with Gasteiger partial charge < -0.3 is 15.2 Å². The smallest absolute Gasteiger partial charge is 0.270 e. The molecular weight excluding hydrogens is 514 g/mol. The maximum atomic E-state index is 12.5. The molecule has 0 spiro atoms. The van der Waals surface area contributed by atoms with Gasteiger partial charge in [0.1, 0.15) is 0 Å². The number of thioether (sulfide) groups is 1. The second kappa shape index (κ2) is 11.8. The van der Waals surface area contributed by atoms with Crippen molar-refractivity contribution >= 4 is 45.7 Å². The van der Waals surface area contributed by atoms with Crippen LogP contribution in [0.1, 0.15) is 36.1 Å². The van der Waals surface area contributed by atoms with E-state index < -0.39 is 4.92 Å². The molecule has 0 radical (unpaired) electrons. The van der Waals surface area contributed by atoms with Crippen molar-refractivity contribution in [2.75, 3.05) is 11.1 Å². The Labute approximate surface area is 220 Å². The van der Waals surface area contributed by atoms with Crippen LogP contribution in [0.3, 0.4) is 0 Å². The Morgan fingerprint density at radius 3 is 2.68 bits per heavy atom. The first-order valence-electron chi connectivity index (χ1n) is 11.3. The minimum atomic E-state index is -0.464. The maximum Gasteiger partial charge on any atom is 0.270 e. The van der Waals surface area contributed by atoms with Crippen LogP contribution in [0.4, 0.5) is 10.8 Å². The Morgan fingerprint density at radius 1 is 1.16 bits per heavy atom. The van der Waals surface area contributed by atoms with Gasteiger partial charge in [-0.1, -0.05) is 42.1 Å². The number of aromatic nitrogens is 4. The fourth-order valence-electron chi connectivity index (χ4n) is 3.49. The molecule has 4 aromatic rings. The molecule has 2 N–H and O–H groups in total. The van der Waals surface area contributed by atoms with Gasteiger partial charge in [-0.25, -0.2) is 4.98 Å². The number of nitrogens with one attached hydrogen (secondary N) is 2. The van der Waals surface area contributed by atoms with Gasteiger partial charge in [0, 0.05) is 35.2 Å². The lowest BCUT2D eigenvalue weighted by molar-refractivity contribution is -0.384. The van der Waals surface area contributed by atoms with Crippen LogP contribution in [0, 0.1) is 10.1 Å². The average Bonchev–Trinajstić information content (AvgIpc) is 3.55. The summed E-state index contributed by atoms with van der Waals surface area (Å²) in [6.45, 7) is 4.34. The molecule has 0 unspecified atom stereocenters. The molecule has 2 heterocycles. The normalized spacial score (nSPS) is 11.6. The summed E-state index contributed by atoms with van der Waals surface area (Å²) in [6, 6.07) is 14.7. The third-order valence-electron chi connectivity index (χ3n) is 5.27. The monoisotopic (exact) mass is 537 g/mol.